The minimum Gasteiger partial charge on any atom is -0.399 e. The van der Waals surface area contributed by atoms with Crippen molar-refractivity contribution in [1.29, 1.82) is 0 Å². The summed E-state index contributed by atoms with van der Waals surface area (Å²) in [6.45, 7) is 1.95. The number of fused-ring (bicyclic) bond motifs is 1. The third-order valence-electron chi connectivity index (χ3n) is 2.26. The summed E-state index contributed by atoms with van der Waals surface area (Å²) in [5, 5.41) is 13.5. The monoisotopic (exact) mass is 231 g/mol. The molecule has 0 atom stereocenters. The molecule has 80 valence electrons. The Labute approximate surface area is 95.5 Å². The molecule has 2 aromatic heterocycles. The van der Waals surface area contributed by atoms with E-state index in [0.717, 1.165) is 27.0 Å². The van der Waals surface area contributed by atoms with Gasteiger partial charge in [0.25, 0.3) is 0 Å². The summed E-state index contributed by atoms with van der Waals surface area (Å²) in [4.78, 5) is 0.810. The van der Waals surface area contributed by atoms with Crippen LogP contribution in [0.1, 0.15) is 5.01 Å². The molecule has 6 heteroatoms. The van der Waals surface area contributed by atoms with Crippen molar-refractivity contribution in [1.82, 2.24) is 19.8 Å². The number of aromatic nitrogens is 4. The van der Waals surface area contributed by atoms with Crippen molar-refractivity contribution < 1.29 is 0 Å². The lowest BCUT2D eigenvalue weighted by atomic mass is 10.2. The molecular formula is C10H9N5S. The van der Waals surface area contributed by atoms with E-state index in [1.807, 2.05) is 31.2 Å². The van der Waals surface area contributed by atoms with Crippen molar-refractivity contribution in [3.05, 3.63) is 29.3 Å². The molecule has 1 aromatic carbocycles. The zero-order valence-corrected chi connectivity index (χ0v) is 9.40. The molecule has 0 saturated carbocycles. The van der Waals surface area contributed by atoms with Crippen LogP contribution in [0.3, 0.4) is 0 Å². The number of rotatable bonds is 1. The number of nitrogens with two attached hydrogens (primary N) is 1. The van der Waals surface area contributed by atoms with Gasteiger partial charge in [0.15, 0.2) is 5.82 Å². The van der Waals surface area contributed by atoms with Crippen molar-refractivity contribution in [2.75, 3.05) is 5.73 Å². The smallest absolute Gasteiger partial charge is 0.234 e. The number of hydrogen-bond donors (Lipinski definition) is 1. The highest BCUT2D eigenvalue weighted by molar-refractivity contribution is 7.16. The van der Waals surface area contributed by atoms with Gasteiger partial charge < -0.3 is 5.73 Å². The van der Waals surface area contributed by atoms with Gasteiger partial charge in [-0.1, -0.05) is 11.3 Å². The van der Waals surface area contributed by atoms with Gasteiger partial charge in [-0.05, 0) is 31.2 Å². The summed E-state index contributed by atoms with van der Waals surface area (Å²) in [6, 6.07) is 7.52. The van der Waals surface area contributed by atoms with E-state index in [-0.39, 0.29) is 0 Å². The van der Waals surface area contributed by atoms with Crippen LogP contribution < -0.4 is 5.73 Å². The van der Waals surface area contributed by atoms with Crippen LogP contribution in [-0.4, -0.2) is 19.8 Å². The van der Waals surface area contributed by atoms with Crippen LogP contribution in [0.4, 0.5) is 5.69 Å². The molecule has 2 heterocycles. The van der Waals surface area contributed by atoms with E-state index in [9.17, 15) is 0 Å². The maximum absolute atomic E-state index is 5.64. The van der Waals surface area contributed by atoms with Gasteiger partial charge in [0.05, 0.1) is 0 Å². The molecule has 16 heavy (non-hydrogen) atoms. The van der Waals surface area contributed by atoms with Gasteiger partial charge in [0.1, 0.15) is 5.01 Å². The highest BCUT2D eigenvalue weighted by Crippen LogP contribution is 2.21. The lowest BCUT2D eigenvalue weighted by molar-refractivity contribution is 0.941. The van der Waals surface area contributed by atoms with Crippen LogP contribution >= 0.6 is 11.3 Å². The molecule has 0 fully saturated rings. The second-order valence-electron chi connectivity index (χ2n) is 3.46. The first-order valence-corrected chi connectivity index (χ1v) is 5.60. The SMILES string of the molecule is Cc1nn2c(-c3ccc(N)cc3)nnc2s1. The first-order valence-electron chi connectivity index (χ1n) is 4.79. The highest BCUT2D eigenvalue weighted by atomic mass is 32.1. The van der Waals surface area contributed by atoms with E-state index < -0.39 is 0 Å². The minimum atomic E-state index is 0.735. The van der Waals surface area contributed by atoms with Gasteiger partial charge in [-0.15, -0.1) is 10.2 Å². The molecule has 0 radical (unpaired) electrons. The van der Waals surface area contributed by atoms with Crippen molar-refractivity contribution in [3.8, 4) is 11.4 Å². The largest absolute Gasteiger partial charge is 0.399 e. The fraction of sp³-hybridized carbons (Fsp3) is 0.100. The molecule has 0 aliphatic carbocycles. The molecule has 5 nitrogen and oxygen atoms in total. The molecule has 0 aliphatic rings. The van der Waals surface area contributed by atoms with Gasteiger partial charge in [-0.3, -0.25) is 0 Å². The Morgan fingerprint density at radius 3 is 2.69 bits per heavy atom. The molecule has 0 spiro atoms. The Morgan fingerprint density at radius 1 is 1.19 bits per heavy atom. The van der Waals surface area contributed by atoms with E-state index in [1.165, 1.54) is 11.3 Å². The number of benzene rings is 1. The third kappa shape index (κ3) is 1.35. The highest BCUT2D eigenvalue weighted by Gasteiger charge is 2.11. The van der Waals surface area contributed by atoms with Crippen LogP contribution in [0.2, 0.25) is 0 Å². The Morgan fingerprint density at radius 2 is 1.94 bits per heavy atom. The van der Waals surface area contributed by atoms with Crippen LogP contribution in [0, 0.1) is 6.92 Å². The zero-order valence-electron chi connectivity index (χ0n) is 8.58. The van der Waals surface area contributed by atoms with E-state index in [4.69, 9.17) is 5.73 Å². The predicted molar refractivity (Wildman–Crippen MR) is 63.2 cm³/mol. The van der Waals surface area contributed by atoms with E-state index in [0.29, 0.717) is 0 Å². The summed E-state index contributed by atoms with van der Waals surface area (Å²) in [7, 11) is 0. The Bertz CT molecular complexity index is 637. The van der Waals surface area contributed by atoms with Gasteiger partial charge in [0, 0.05) is 11.3 Å². The molecule has 0 amide bonds. The van der Waals surface area contributed by atoms with Crippen molar-refractivity contribution in [2.45, 2.75) is 6.92 Å². The number of nitrogen functional groups attached to an aromatic ring is 1. The standard InChI is InChI=1S/C10H9N5S/c1-6-14-15-9(12-13-10(15)16-6)7-2-4-8(11)5-3-7/h2-5H,11H2,1H3. The summed E-state index contributed by atoms with van der Waals surface area (Å²) in [5.41, 5.74) is 7.34. The average molecular weight is 231 g/mol. The molecule has 2 N–H and O–H groups in total. The van der Waals surface area contributed by atoms with Gasteiger partial charge in [-0.2, -0.15) is 9.61 Å². The Balaban J connectivity index is 2.21. The second kappa shape index (κ2) is 3.28. The average Bonchev–Trinajstić information content (AvgIpc) is 2.78. The van der Waals surface area contributed by atoms with Gasteiger partial charge in [0.2, 0.25) is 4.96 Å². The zero-order chi connectivity index (χ0) is 11.1. The normalized spacial score (nSPS) is 11.1. The second-order valence-corrected chi connectivity index (χ2v) is 4.62. The van der Waals surface area contributed by atoms with Crippen molar-refractivity contribution in [3.63, 3.8) is 0 Å². The summed E-state index contributed by atoms with van der Waals surface area (Å²) >= 11 is 1.52. The van der Waals surface area contributed by atoms with Crippen LogP contribution in [-0.2, 0) is 0 Å². The number of hydrogen-bond acceptors (Lipinski definition) is 5. The number of anilines is 1. The fourth-order valence-electron chi connectivity index (χ4n) is 1.52. The topological polar surface area (TPSA) is 69.1 Å². The first kappa shape index (κ1) is 9.29. The predicted octanol–water partition coefficient (Wildman–Crippen LogP) is 1.74. The van der Waals surface area contributed by atoms with Crippen molar-refractivity contribution in [2.24, 2.45) is 0 Å². The minimum absolute atomic E-state index is 0.735. The third-order valence-corrected chi connectivity index (χ3v) is 3.08. The molecule has 3 rings (SSSR count). The first-order chi connectivity index (χ1) is 7.74. The van der Waals surface area contributed by atoms with Crippen LogP contribution in [0.15, 0.2) is 24.3 Å². The maximum atomic E-state index is 5.64. The van der Waals surface area contributed by atoms with E-state index in [1.54, 1.807) is 4.52 Å². The van der Waals surface area contributed by atoms with Crippen LogP contribution in [0.25, 0.3) is 16.3 Å². The Hall–Kier alpha value is -1.95. The lowest BCUT2D eigenvalue weighted by Gasteiger charge is -1.97. The number of aryl methyl sites for hydroxylation is 1. The van der Waals surface area contributed by atoms with Crippen molar-refractivity contribution >= 4 is 22.0 Å². The van der Waals surface area contributed by atoms with Crippen LogP contribution in [0.5, 0.6) is 0 Å². The molecular weight excluding hydrogens is 222 g/mol. The van der Waals surface area contributed by atoms with E-state index in [2.05, 4.69) is 15.3 Å². The molecule has 0 saturated heterocycles. The summed E-state index contributed by atoms with van der Waals surface area (Å²) in [6.07, 6.45) is 0. The van der Waals surface area contributed by atoms with E-state index >= 15 is 0 Å². The molecule has 3 aromatic rings. The summed E-state index contributed by atoms with van der Waals surface area (Å²) < 4.78 is 1.76. The van der Waals surface area contributed by atoms with Gasteiger partial charge >= 0.3 is 0 Å². The van der Waals surface area contributed by atoms with Gasteiger partial charge in [-0.25, -0.2) is 0 Å². The Kier molecular flexibility index (Phi) is 1.90. The maximum Gasteiger partial charge on any atom is 0.234 e. The molecule has 0 aliphatic heterocycles. The molecule has 0 bridgehead atoms. The number of nitrogens with zero attached hydrogens (tertiary/aromatic N) is 4. The summed E-state index contributed by atoms with van der Waals surface area (Å²) in [5.74, 6) is 0.749. The fourth-order valence-corrected chi connectivity index (χ4v) is 2.21. The quantitative estimate of drug-likeness (QED) is 0.648. The lowest BCUT2D eigenvalue weighted by Crippen LogP contribution is -1.91. The molecule has 0 unspecified atom stereocenters.